The number of nitrogens with one attached hydrogen (secondary N) is 1. The highest BCUT2D eigenvalue weighted by Gasteiger charge is 2.24. The van der Waals surface area contributed by atoms with Crippen LogP contribution in [0.25, 0.3) is 11.1 Å². The van der Waals surface area contributed by atoms with Gasteiger partial charge in [0.2, 0.25) is 5.91 Å². The topological polar surface area (TPSA) is 95.3 Å². The van der Waals surface area contributed by atoms with E-state index >= 15 is 0 Å². The van der Waals surface area contributed by atoms with Crippen LogP contribution in [0.15, 0.2) is 65.7 Å². The zero-order chi connectivity index (χ0) is 28.8. The van der Waals surface area contributed by atoms with E-state index in [1.807, 2.05) is 48.1 Å². The van der Waals surface area contributed by atoms with Crippen molar-refractivity contribution in [1.29, 1.82) is 0 Å². The number of thiophene rings is 1. The van der Waals surface area contributed by atoms with Crippen LogP contribution >= 0.6 is 46.3 Å². The fourth-order valence-electron chi connectivity index (χ4n) is 3.82. The summed E-state index contributed by atoms with van der Waals surface area (Å²) in [5.41, 5.74) is 2.98. The van der Waals surface area contributed by atoms with Crippen LogP contribution in [0.4, 0.5) is 5.00 Å². The Labute approximate surface area is 250 Å². The Morgan fingerprint density at radius 2 is 1.95 bits per heavy atom. The van der Waals surface area contributed by atoms with Crippen molar-refractivity contribution in [2.24, 2.45) is 0 Å². The van der Waals surface area contributed by atoms with E-state index in [1.54, 1.807) is 24.3 Å². The van der Waals surface area contributed by atoms with Gasteiger partial charge in [0, 0.05) is 22.5 Å². The molecule has 0 saturated carbocycles. The molecule has 1 amide bonds. The highest BCUT2D eigenvalue weighted by atomic mass is 35.5. The summed E-state index contributed by atoms with van der Waals surface area (Å²) in [6, 6.07) is 12.8. The average molecular weight is 618 g/mol. The number of nitrogens with zero attached hydrogens (tertiary/aromatic N) is 3. The van der Waals surface area contributed by atoms with E-state index in [-0.39, 0.29) is 11.7 Å². The molecule has 0 fully saturated rings. The van der Waals surface area contributed by atoms with Gasteiger partial charge in [-0.05, 0) is 37.6 Å². The summed E-state index contributed by atoms with van der Waals surface area (Å²) in [6.45, 7) is 8.04. The minimum atomic E-state index is -0.523. The van der Waals surface area contributed by atoms with E-state index in [9.17, 15) is 9.59 Å². The maximum atomic E-state index is 13.0. The largest absolute Gasteiger partial charge is 0.481 e. The first kappa shape index (κ1) is 29.7. The van der Waals surface area contributed by atoms with Gasteiger partial charge in [-0.3, -0.25) is 9.36 Å². The molecule has 2 aromatic carbocycles. The third-order valence-electron chi connectivity index (χ3n) is 5.75. The highest BCUT2D eigenvalue weighted by Crippen LogP contribution is 2.37. The van der Waals surface area contributed by atoms with Gasteiger partial charge in [-0.15, -0.1) is 28.1 Å². The molecule has 1 N–H and O–H groups in total. The second kappa shape index (κ2) is 13.4. The Hall–Kier alpha value is -3.31. The number of thioether (sulfide) groups is 1. The number of hydrogen-bond donors (Lipinski definition) is 1. The molecule has 4 aromatic rings. The van der Waals surface area contributed by atoms with Crippen molar-refractivity contribution in [2.75, 3.05) is 18.2 Å². The summed E-state index contributed by atoms with van der Waals surface area (Å²) in [5.74, 6) is 0.209. The van der Waals surface area contributed by atoms with E-state index in [1.165, 1.54) is 30.2 Å². The summed E-state index contributed by atoms with van der Waals surface area (Å²) in [6.07, 6.45) is 1.21. The van der Waals surface area contributed by atoms with Crippen molar-refractivity contribution in [3.63, 3.8) is 0 Å². The number of methoxy groups -OCH3 is 1. The zero-order valence-corrected chi connectivity index (χ0v) is 25.1. The van der Waals surface area contributed by atoms with E-state index in [2.05, 4.69) is 22.1 Å². The minimum absolute atomic E-state index is 0.0336. The lowest BCUT2D eigenvalue weighted by Gasteiger charge is -2.16. The number of rotatable bonds is 11. The molecule has 0 saturated heterocycles. The number of allylic oxidation sites excluding steroid dienone is 1. The van der Waals surface area contributed by atoms with E-state index < -0.39 is 12.1 Å². The number of amides is 1. The molecule has 0 bridgehead atoms. The van der Waals surface area contributed by atoms with Crippen LogP contribution in [0, 0.1) is 6.92 Å². The van der Waals surface area contributed by atoms with Crippen molar-refractivity contribution in [3.8, 4) is 16.9 Å². The number of carbonyl (C=O) groups is 2. The number of anilines is 1. The molecule has 0 radical (unpaired) electrons. The molecular weight excluding hydrogens is 591 g/mol. The van der Waals surface area contributed by atoms with Crippen LogP contribution in [0.3, 0.4) is 0 Å². The van der Waals surface area contributed by atoms with Gasteiger partial charge in [0.1, 0.15) is 16.3 Å². The predicted octanol–water partition coefficient (Wildman–Crippen LogP) is 7.47. The van der Waals surface area contributed by atoms with Gasteiger partial charge in [0.25, 0.3) is 0 Å². The second-order valence-corrected chi connectivity index (χ2v) is 11.3. The fraction of sp³-hybridized carbons (Fsp3) is 0.214. The standard InChI is InChI=1S/C28H26Cl2N4O4S2/c1-5-12-34-25(17(3)38-22-11-10-19(29)13-21(22)30)32-33-28(34)40-15-23(35)31-26-24(27(36)37-4)20(14-39-26)18-8-6-16(2)7-9-18/h5-11,13-14,17H,1,12,15H2,2-4H3,(H,31,35). The van der Waals surface area contributed by atoms with E-state index in [0.29, 0.717) is 49.4 Å². The van der Waals surface area contributed by atoms with Gasteiger partial charge in [-0.2, -0.15) is 0 Å². The van der Waals surface area contributed by atoms with Crippen LogP contribution in [-0.4, -0.2) is 39.5 Å². The molecule has 4 rings (SSSR count). The van der Waals surface area contributed by atoms with Crippen molar-refractivity contribution in [2.45, 2.75) is 31.7 Å². The maximum Gasteiger partial charge on any atom is 0.341 e. The Balaban J connectivity index is 1.48. The lowest BCUT2D eigenvalue weighted by Crippen LogP contribution is -2.17. The summed E-state index contributed by atoms with van der Waals surface area (Å²) < 4.78 is 12.8. The van der Waals surface area contributed by atoms with Crippen molar-refractivity contribution < 1.29 is 19.1 Å². The predicted molar refractivity (Wildman–Crippen MR) is 161 cm³/mol. The Kier molecular flexibility index (Phi) is 9.91. The highest BCUT2D eigenvalue weighted by molar-refractivity contribution is 7.99. The van der Waals surface area contributed by atoms with Crippen LogP contribution < -0.4 is 10.1 Å². The fourth-order valence-corrected chi connectivity index (χ4v) is 6.00. The number of carbonyl (C=O) groups excluding carboxylic acids is 2. The van der Waals surface area contributed by atoms with Crippen molar-refractivity contribution in [3.05, 3.63) is 87.5 Å². The molecule has 0 aliphatic heterocycles. The number of benzene rings is 2. The van der Waals surface area contributed by atoms with Gasteiger partial charge in [0.15, 0.2) is 17.1 Å². The molecule has 1 unspecified atom stereocenters. The molecule has 8 nitrogen and oxygen atoms in total. The molecule has 208 valence electrons. The van der Waals surface area contributed by atoms with Gasteiger partial charge >= 0.3 is 5.97 Å². The number of ether oxygens (including phenoxy) is 2. The van der Waals surface area contributed by atoms with E-state index in [0.717, 1.165) is 11.1 Å². The van der Waals surface area contributed by atoms with Crippen LogP contribution in [-0.2, 0) is 16.1 Å². The monoisotopic (exact) mass is 616 g/mol. The number of aromatic nitrogens is 3. The van der Waals surface area contributed by atoms with E-state index in [4.69, 9.17) is 32.7 Å². The SMILES string of the molecule is C=CCn1c(SCC(=O)Nc2scc(-c3ccc(C)cc3)c2C(=O)OC)nnc1C(C)Oc1ccc(Cl)cc1Cl. The normalized spacial score (nSPS) is 11.6. The van der Waals surface area contributed by atoms with Gasteiger partial charge in [0.05, 0.1) is 17.9 Å². The quantitative estimate of drug-likeness (QED) is 0.106. The number of aryl methyl sites for hydroxylation is 1. The molecule has 2 aromatic heterocycles. The van der Waals surface area contributed by atoms with Crippen LogP contribution in [0.5, 0.6) is 5.75 Å². The molecule has 40 heavy (non-hydrogen) atoms. The van der Waals surface area contributed by atoms with Crippen molar-refractivity contribution in [1.82, 2.24) is 14.8 Å². The molecule has 0 spiro atoms. The number of halogens is 2. The molecule has 1 atom stereocenters. The summed E-state index contributed by atoms with van der Waals surface area (Å²) in [7, 11) is 1.32. The smallest absolute Gasteiger partial charge is 0.341 e. The molecule has 0 aliphatic rings. The zero-order valence-electron chi connectivity index (χ0n) is 21.9. The Morgan fingerprint density at radius 3 is 2.62 bits per heavy atom. The summed E-state index contributed by atoms with van der Waals surface area (Å²) >= 11 is 14.7. The Morgan fingerprint density at radius 1 is 1.20 bits per heavy atom. The van der Waals surface area contributed by atoms with Crippen LogP contribution in [0.2, 0.25) is 10.0 Å². The van der Waals surface area contributed by atoms with Gasteiger partial charge in [-0.1, -0.05) is 70.9 Å². The number of esters is 1. The number of hydrogen-bond acceptors (Lipinski definition) is 8. The first-order valence-electron chi connectivity index (χ1n) is 12.1. The first-order valence-corrected chi connectivity index (χ1v) is 14.7. The molecule has 12 heteroatoms. The molecular formula is C28H26Cl2N4O4S2. The van der Waals surface area contributed by atoms with Gasteiger partial charge < -0.3 is 14.8 Å². The lowest BCUT2D eigenvalue weighted by atomic mass is 10.0. The lowest BCUT2D eigenvalue weighted by molar-refractivity contribution is -0.113. The Bertz CT molecular complexity index is 1540. The van der Waals surface area contributed by atoms with Crippen molar-refractivity contribution >= 4 is 63.2 Å². The average Bonchev–Trinajstić information content (AvgIpc) is 3.53. The second-order valence-electron chi connectivity index (χ2n) is 8.62. The summed E-state index contributed by atoms with van der Waals surface area (Å²) in [5, 5.41) is 15.1. The molecule has 2 heterocycles. The third kappa shape index (κ3) is 6.87. The molecule has 0 aliphatic carbocycles. The minimum Gasteiger partial charge on any atom is -0.481 e. The van der Waals surface area contributed by atoms with Crippen LogP contribution in [0.1, 0.15) is 34.8 Å². The summed E-state index contributed by atoms with van der Waals surface area (Å²) in [4.78, 5) is 25.6. The maximum absolute atomic E-state index is 13.0. The van der Waals surface area contributed by atoms with Gasteiger partial charge in [-0.25, -0.2) is 4.79 Å². The third-order valence-corrected chi connectivity index (χ3v) is 8.14. The first-order chi connectivity index (χ1) is 19.2.